The van der Waals surface area contributed by atoms with Crippen molar-refractivity contribution >= 4 is 34.4 Å². The number of carbonyl (C=O) groups excluding carboxylic acids is 1. The molecule has 0 aromatic carbocycles. The van der Waals surface area contributed by atoms with Gasteiger partial charge in [-0.2, -0.15) is 5.10 Å². The summed E-state index contributed by atoms with van der Waals surface area (Å²) in [6, 6.07) is 1.55. The minimum atomic E-state index is -0.451. The molecule has 5 heterocycles. The Labute approximate surface area is 208 Å². The van der Waals surface area contributed by atoms with Crippen molar-refractivity contribution in [3.63, 3.8) is 0 Å². The molecule has 0 amide bonds. The lowest BCUT2D eigenvalue weighted by Gasteiger charge is -2.26. The third-order valence-electron chi connectivity index (χ3n) is 7.81. The summed E-state index contributed by atoms with van der Waals surface area (Å²) < 4.78 is 9.45. The molecule has 1 N–H and O–H groups in total. The quantitative estimate of drug-likeness (QED) is 0.552. The Balaban J connectivity index is 1.33. The van der Waals surface area contributed by atoms with Crippen LogP contribution < -0.4 is 15.6 Å². The average Bonchev–Trinajstić information content (AvgIpc) is 3.62. The van der Waals surface area contributed by atoms with Crippen LogP contribution in [0.5, 0.6) is 5.75 Å². The first kappa shape index (κ1) is 22.5. The molecule has 10 heteroatoms. The Kier molecular flexibility index (Phi) is 5.56. The molecular formula is C25H29ClN6O3. The van der Waals surface area contributed by atoms with Crippen LogP contribution in [-0.2, 0) is 5.54 Å². The van der Waals surface area contributed by atoms with Crippen LogP contribution in [0.2, 0.25) is 5.02 Å². The molecule has 3 aromatic heterocycles. The molecule has 1 spiro atoms. The van der Waals surface area contributed by atoms with Crippen molar-refractivity contribution in [2.75, 3.05) is 31.6 Å². The van der Waals surface area contributed by atoms with E-state index in [1.54, 1.807) is 15.1 Å². The van der Waals surface area contributed by atoms with E-state index in [9.17, 15) is 9.59 Å². The number of aryl methyl sites for hydroxylation is 1. The Hall–Kier alpha value is -2.91. The summed E-state index contributed by atoms with van der Waals surface area (Å²) >= 11 is 6.55. The standard InChI is InChI=1S/C25H29ClN6O3/c1-16-20(35-11-10-30-8-4-5-9-30)14-31-21(16)23(27-15-28-31)29-18-12-17(26)22-19(33)13-25(6-2-3-7-25)32(22)24(18)34/h12,14-15H,2-11,13H2,1H3,(H,27,28,29). The normalized spacial score (nSPS) is 19.2. The van der Waals surface area contributed by atoms with Crippen molar-refractivity contribution in [3.05, 3.63) is 45.2 Å². The van der Waals surface area contributed by atoms with Crippen LogP contribution >= 0.6 is 11.6 Å². The Bertz CT molecular complexity index is 1370. The average molecular weight is 497 g/mol. The summed E-state index contributed by atoms with van der Waals surface area (Å²) in [5.74, 6) is 1.18. The maximum atomic E-state index is 13.6. The van der Waals surface area contributed by atoms with Crippen LogP contribution in [0.25, 0.3) is 5.52 Å². The van der Waals surface area contributed by atoms with E-state index in [-0.39, 0.29) is 11.3 Å². The Morgan fingerprint density at radius 1 is 1.17 bits per heavy atom. The number of carbonyl (C=O) groups is 1. The van der Waals surface area contributed by atoms with Gasteiger partial charge in [0.1, 0.15) is 35.6 Å². The first-order valence-corrected chi connectivity index (χ1v) is 12.8. The van der Waals surface area contributed by atoms with Gasteiger partial charge in [0.15, 0.2) is 11.6 Å². The van der Waals surface area contributed by atoms with E-state index in [0.29, 0.717) is 35.2 Å². The molecule has 0 atom stereocenters. The van der Waals surface area contributed by atoms with Crippen molar-refractivity contribution in [1.82, 2.24) is 24.1 Å². The molecule has 1 aliphatic carbocycles. The van der Waals surface area contributed by atoms with Gasteiger partial charge in [0.05, 0.1) is 16.8 Å². The summed E-state index contributed by atoms with van der Waals surface area (Å²) in [5.41, 5.74) is 1.58. The number of nitrogens with one attached hydrogen (secondary N) is 1. The SMILES string of the molecule is Cc1c(OCCN2CCCC2)cn2ncnc(Nc3cc(Cl)c4n(c3=O)C3(CCCC3)CC4=O)c12. The highest BCUT2D eigenvalue weighted by molar-refractivity contribution is 6.34. The lowest BCUT2D eigenvalue weighted by molar-refractivity contribution is 0.0971. The molecule has 184 valence electrons. The van der Waals surface area contributed by atoms with Gasteiger partial charge in [0.25, 0.3) is 5.56 Å². The molecule has 2 aliphatic heterocycles. The van der Waals surface area contributed by atoms with E-state index in [4.69, 9.17) is 16.3 Å². The number of aromatic nitrogens is 4. The fourth-order valence-corrected chi connectivity index (χ4v) is 6.37. The van der Waals surface area contributed by atoms with Crippen molar-refractivity contribution in [2.24, 2.45) is 0 Å². The monoisotopic (exact) mass is 496 g/mol. The zero-order valence-electron chi connectivity index (χ0n) is 19.8. The second-order valence-electron chi connectivity index (χ2n) is 9.97. The molecule has 3 aliphatic rings. The molecule has 1 saturated heterocycles. The number of anilines is 2. The van der Waals surface area contributed by atoms with Gasteiger partial charge in [-0.1, -0.05) is 24.4 Å². The zero-order chi connectivity index (χ0) is 24.2. The van der Waals surface area contributed by atoms with E-state index >= 15 is 0 Å². The van der Waals surface area contributed by atoms with Gasteiger partial charge in [0, 0.05) is 18.5 Å². The number of likely N-dealkylation sites (tertiary alicyclic amines) is 1. The lowest BCUT2D eigenvalue weighted by atomic mass is 9.94. The molecule has 0 bridgehead atoms. The third-order valence-corrected chi connectivity index (χ3v) is 8.10. The Morgan fingerprint density at radius 3 is 2.71 bits per heavy atom. The van der Waals surface area contributed by atoms with Gasteiger partial charge in [0.2, 0.25) is 0 Å². The molecule has 2 fully saturated rings. The molecule has 9 nitrogen and oxygen atoms in total. The summed E-state index contributed by atoms with van der Waals surface area (Å²) in [5, 5.41) is 7.83. The molecule has 0 radical (unpaired) electrons. The summed E-state index contributed by atoms with van der Waals surface area (Å²) in [6.45, 7) is 5.72. The van der Waals surface area contributed by atoms with E-state index in [1.165, 1.54) is 19.2 Å². The van der Waals surface area contributed by atoms with Gasteiger partial charge >= 0.3 is 0 Å². The van der Waals surface area contributed by atoms with E-state index in [2.05, 4.69) is 20.3 Å². The number of ketones is 1. The number of hydrogen-bond acceptors (Lipinski definition) is 7. The predicted octanol–water partition coefficient (Wildman–Crippen LogP) is 3.93. The first-order valence-electron chi connectivity index (χ1n) is 12.4. The van der Waals surface area contributed by atoms with E-state index in [1.807, 2.05) is 13.1 Å². The number of ether oxygens (including phenoxy) is 1. The van der Waals surface area contributed by atoms with Crippen LogP contribution in [0.15, 0.2) is 23.4 Å². The van der Waals surface area contributed by atoms with Crippen molar-refractivity contribution in [2.45, 2.75) is 57.4 Å². The van der Waals surface area contributed by atoms with Gasteiger partial charge in [-0.3, -0.25) is 19.1 Å². The molecule has 0 unspecified atom stereocenters. The van der Waals surface area contributed by atoms with Crippen LogP contribution in [0.3, 0.4) is 0 Å². The third kappa shape index (κ3) is 3.72. The van der Waals surface area contributed by atoms with Gasteiger partial charge in [-0.15, -0.1) is 0 Å². The van der Waals surface area contributed by atoms with E-state index < -0.39 is 5.54 Å². The van der Waals surface area contributed by atoms with Gasteiger partial charge < -0.3 is 10.1 Å². The largest absolute Gasteiger partial charge is 0.490 e. The number of halogens is 1. The van der Waals surface area contributed by atoms with Crippen LogP contribution in [0, 0.1) is 6.92 Å². The van der Waals surface area contributed by atoms with Crippen LogP contribution in [-0.4, -0.2) is 56.1 Å². The number of fused-ring (bicyclic) bond motifs is 3. The number of rotatable bonds is 6. The highest BCUT2D eigenvalue weighted by Crippen LogP contribution is 2.46. The first-order chi connectivity index (χ1) is 17.0. The number of nitrogens with zero attached hydrogens (tertiary/aromatic N) is 5. The Morgan fingerprint density at radius 2 is 1.94 bits per heavy atom. The molecule has 35 heavy (non-hydrogen) atoms. The topological polar surface area (TPSA) is 93.8 Å². The predicted molar refractivity (Wildman–Crippen MR) is 133 cm³/mol. The zero-order valence-corrected chi connectivity index (χ0v) is 20.6. The van der Waals surface area contributed by atoms with Crippen molar-refractivity contribution in [1.29, 1.82) is 0 Å². The highest BCUT2D eigenvalue weighted by atomic mass is 35.5. The minimum absolute atomic E-state index is 0.0527. The fraction of sp³-hybridized carbons (Fsp3) is 0.520. The fourth-order valence-electron chi connectivity index (χ4n) is 6.07. The smallest absolute Gasteiger partial charge is 0.275 e. The maximum absolute atomic E-state index is 13.6. The summed E-state index contributed by atoms with van der Waals surface area (Å²) in [6.07, 6.45) is 9.78. The van der Waals surface area contributed by atoms with E-state index in [0.717, 1.165) is 62.1 Å². The summed E-state index contributed by atoms with van der Waals surface area (Å²) in [7, 11) is 0. The molecular weight excluding hydrogens is 468 g/mol. The van der Waals surface area contributed by atoms with Crippen LogP contribution in [0.1, 0.15) is 61.0 Å². The molecule has 6 rings (SSSR count). The maximum Gasteiger partial charge on any atom is 0.275 e. The molecule has 1 saturated carbocycles. The highest BCUT2D eigenvalue weighted by Gasteiger charge is 2.47. The van der Waals surface area contributed by atoms with Crippen molar-refractivity contribution < 1.29 is 9.53 Å². The number of hydrogen-bond donors (Lipinski definition) is 1. The van der Waals surface area contributed by atoms with Crippen molar-refractivity contribution in [3.8, 4) is 5.75 Å². The second kappa shape index (κ2) is 8.64. The minimum Gasteiger partial charge on any atom is -0.490 e. The number of Topliss-reactive ketones (excluding diaryl/α,β-unsaturated/α-hetero) is 1. The second-order valence-corrected chi connectivity index (χ2v) is 10.4. The van der Waals surface area contributed by atoms with Gasteiger partial charge in [-0.05, 0) is 51.8 Å². The summed E-state index contributed by atoms with van der Waals surface area (Å²) in [4.78, 5) is 33.2. The molecule has 3 aromatic rings. The van der Waals surface area contributed by atoms with Gasteiger partial charge in [-0.25, -0.2) is 9.50 Å². The van der Waals surface area contributed by atoms with Crippen LogP contribution in [0.4, 0.5) is 11.5 Å². The number of pyridine rings is 1. The lowest BCUT2D eigenvalue weighted by Crippen LogP contribution is -2.37.